The molecule has 0 aliphatic heterocycles. The van der Waals surface area contributed by atoms with Crippen molar-refractivity contribution in [3.63, 3.8) is 0 Å². The Balaban J connectivity index is 2.60. The molecule has 2 aromatic rings. The molecule has 1 aromatic carbocycles. The summed E-state index contributed by atoms with van der Waals surface area (Å²) in [4.78, 5) is 14.2. The number of carbonyl (C=O) groups is 1. The molecule has 0 aliphatic rings. The van der Waals surface area contributed by atoms with Crippen molar-refractivity contribution < 1.29 is 4.79 Å². The van der Waals surface area contributed by atoms with Gasteiger partial charge in [0.1, 0.15) is 0 Å². The van der Waals surface area contributed by atoms with Crippen LogP contribution in [0.1, 0.15) is 29.9 Å². The smallest absolute Gasteiger partial charge is 0.175 e. The topological polar surface area (TPSA) is 32.9 Å². The predicted molar refractivity (Wildman–Crippen MR) is 57.7 cm³/mol. The van der Waals surface area contributed by atoms with Crippen molar-refractivity contribution in [1.29, 1.82) is 0 Å². The quantitative estimate of drug-likeness (QED) is 0.720. The number of aromatic nitrogens is 1. The van der Waals surface area contributed by atoms with Crippen molar-refractivity contribution in [3.8, 4) is 0 Å². The molecule has 0 saturated carbocycles. The zero-order valence-corrected chi connectivity index (χ0v) is 8.42. The normalized spacial score (nSPS) is 10.7. The third kappa shape index (κ3) is 1.43. The van der Waals surface area contributed by atoms with Crippen LogP contribution in [0.4, 0.5) is 0 Å². The molecule has 2 rings (SSSR count). The number of fused-ring (bicyclic) bond motifs is 1. The average Bonchev–Trinajstić information content (AvgIpc) is 2.59. The van der Waals surface area contributed by atoms with Gasteiger partial charge in [-0.25, -0.2) is 0 Å². The summed E-state index contributed by atoms with van der Waals surface area (Å²) >= 11 is 0. The minimum atomic E-state index is 0.0826. The molecule has 0 spiro atoms. The van der Waals surface area contributed by atoms with Gasteiger partial charge in [-0.05, 0) is 30.2 Å². The number of ketones is 1. The van der Waals surface area contributed by atoms with E-state index in [0.29, 0.717) is 5.69 Å². The van der Waals surface area contributed by atoms with Crippen LogP contribution in [-0.2, 0) is 6.42 Å². The molecular weight excluding hydrogens is 174 g/mol. The van der Waals surface area contributed by atoms with E-state index in [1.54, 1.807) is 6.92 Å². The lowest BCUT2D eigenvalue weighted by Crippen LogP contribution is -1.89. The van der Waals surface area contributed by atoms with Gasteiger partial charge in [0.15, 0.2) is 5.78 Å². The van der Waals surface area contributed by atoms with Gasteiger partial charge in [-0.3, -0.25) is 4.79 Å². The molecule has 0 aliphatic carbocycles. The van der Waals surface area contributed by atoms with E-state index in [4.69, 9.17) is 0 Å². The van der Waals surface area contributed by atoms with Crippen LogP contribution < -0.4 is 0 Å². The Morgan fingerprint density at radius 2 is 2.14 bits per heavy atom. The van der Waals surface area contributed by atoms with Crippen LogP contribution in [0.3, 0.4) is 0 Å². The highest BCUT2D eigenvalue weighted by atomic mass is 16.1. The van der Waals surface area contributed by atoms with Crippen molar-refractivity contribution in [2.75, 3.05) is 0 Å². The van der Waals surface area contributed by atoms with E-state index < -0.39 is 0 Å². The summed E-state index contributed by atoms with van der Waals surface area (Å²) in [5.74, 6) is 0.0826. The van der Waals surface area contributed by atoms with Crippen LogP contribution in [0, 0.1) is 0 Å². The van der Waals surface area contributed by atoms with E-state index in [-0.39, 0.29) is 5.78 Å². The van der Waals surface area contributed by atoms with Crippen LogP contribution >= 0.6 is 0 Å². The van der Waals surface area contributed by atoms with Crippen LogP contribution in [-0.4, -0.2) is 10.8 Å². The fourth-order valence-electron chi connectivity index (χ4n) is 1.59. The third-order valence-electron chi connectivity index (χ3n) is 2.47. The predicted octanol–water partition coefficient (Wildman–Crippen LogP) is 2.93. The molecule has 0 radical (unpaired) electrons. The molecule has 0 amide bonds. The van der Waals surface area contributed by atoms with Crippen molar-refractivity contribution in [3.05, 3.63) is 35.5 Å². The van der Waals surface area contributed by atoms with Gasteiger partial charge in [0.2, 0.25) is 0 Å². The number of aromatic amines is 1. The van der Waals surface area contributed by atoms with Crippen molar-refractivity contribution in [2.24, 2.45) is 0 Å². The largest absolute Gasteiger partial charge is 0.352 e. The van der Waals surface area contributed by atoms with Crippen molar-refractivity contribution in [1.82, 2.24) is 4.98 Å². The van der Waals surface area contributed by atoms with Gasteiger partial charge in [0.05, 0.1) is 5.69 Å². The molecule has 0 saturated heterocycles. The van der Waals surface area contributed by atoms with E-state index in [1.165, 1.54) is 5.56 Å². The number of carbonyl (C=O) groups excluding carboxylic acids is 1. The first-order valence-corrected chi connectivity index (χ1v) is 4.83. The molecule has 0 atom stereocenters. The Hall–Kier alpha value is -1.57. The Labute approximate surface area is 82.9 Å². The van der Waals surface area contributed by atoms with E-state index in [1.807, 2.05) is 12.1 Å². The molecule has 0 fully saturated rings. The Bertz CT molecular complexity index is 482. The standard InChI is InChI=1S/C12H13NO/c1-3-9-4-5-11-10(6-9)7-12(13-11)8(2)14/h4-7,13H,3H2,1-2H3. The first-order chi connectivity index (χ1) is 6.70. The summed E-state index contributed by atoms with van der Waals surface area (Å²) in [6.45, 7) is 3.70. The summed E-state index contributed by atoms with van der Waals surface area (Å²) in [5, 5.41) is 1.12. The lowest BCUT2D eigenvalue weighted by Gasteiger charge is -1.94. The fraction of sp³-hybridized carbons (Fsp3) is 0.250. The SMILES string of the molecule is CCc1ccc2[nH]c(C(C)=O)cc2c1. The Morgan fingerprint density at radius 1 is 1.36 bits per heavy atom. The molecule has 1 aromatic heterocycles. The number of hydrogen-bond donors (Lipinski definition) is 1. The lowest BCUT2D eigenvalue weighted by atomic mass is 10.1. The average molecular weight is 187 g/mol. The molecule has 0 unspecified atom stereocenters. The monoisotopic (exact) mass is 187 g/mol. The molecule has 1 heterocycles. The molecule has 72 valence electrons. The number of nitrogens with one attached hydrogen (secondary N) is 1. The second-order valence-electron chi connectivity index (χ2n) is 3.51. The maximum Gasteiger partial charge on any atom is 0.175 e. The highest BCUT2D eigenvalue weighted by Crippen LogP contribution is 2.17. The minimum absolute atomic E-state index is 0.0826. The molecule has 0 bridgehead atoms. The molecule has 2 nitrogen and oxygen atoms in total. The van der Waals surface area contributed by atoms with Gasteiger partial charge in [0, 0.05) is 17.8 Å². The highest BCUT2D eigenvalue weighted by Gasteiger charge is 2.04. The van der Waals surface area contributed by atoms with Gasteiger partial charge in [-0.15, -0.1) is 0 Å². The molecule has 14 heavy (non-hydrogen) atoms. The van der Waals surface area contributed by atoms with Crippen LogP contribution in [0.15, 0.2) is 24.3 Å². The summed E-state index contributed by atoms with van der Waals surface area (Å²) in [5.41, 5.74) is 3.02. The number of H-pyrrole nitrogens is 1. The fourth-order valence-corrected chi connectivity index (χ4v) is 1.59. The zero-order valence-electron chi connectivity index (χ0n) is 8.42. The summed E-state index contributed by atoms with van der Waals surface area (Å²) in [7, 11) is 0. The first-order valence-electron chi connectivity index (χ1n) is 4.83. The van der Waals surface area contributed by atoms with E-state index in [2.05, 4.69) is 24.0 Å². The van der Waals surface area contributed by atoms with Crippen molar-refractivity contribution >= 4 is 16.7 Å². The number of benzene rings is 1. The molecular formula is C12H13NO. The van der Waals surface area contributed by atoms with Gasteiger partial charge in [-0.1, -0.05) is 13.0 Å². The zero-order chi connectivity index (χ0) is 10.1. The highest BCUT2D eigenvalue weighted by molar-refractivity contribution is 5.98. The van der Waals surface area contributed by atoms with Crippen molar-refractivity contribution in [2.45, 2.75) is 20.3 Å². The second kappa shape index (κ2) is 3.29. The minimum Gasteiger partial charge on any atom is -0.352 e. The Morgan fingerprint density at radius 3 is 2.79 bits per heavy atom. The third-order valence-corrected chi connectivity index (χ3v) is 2.47. The van der Waals surface area contributed by atoms with Gasteiger partial charge < -0.3 is 4.98 Å². The summed E-state index contributed by atoms with van der Waals surface area (Å²) in [6, 6.07) is 8.15. The van der Waals surface area contributed by atoms with Crippen LogP contribution in [0.25, 0.3) is 10.9 Å². The van der Waals surface area contributed by atoms with Crippen LogP contribution in [0.2, 0.25) is 0 Å². The number of hydrogen-bond acceptors (Lipinski definition) is 1. The van der Waals surface area contributed by atoms with E-state index in [0.717, 1.165) is 17.3 Å². The number of rotatable bonds is 2. The molecule has 1 N–H and O–H groups in total. The number of Topliss-reactive ketones (excluding diaryl/α,β-unsaturated/α-hetero) is 1. The second-order valence-corrected chi connectivity index (χ2v) is 3.51. The molecule has 2 heteroatoms. The summed E-state index contributed by atoms with van der Waals surface area (Å²) in [6.07, 6.45) is 1.02. The summed E-state index contributed by atoms with van der Waals surface area (Å²) < 4.78 is 0. The number of aryl methyl sites for hydroxylation is 1. The van der Waals surface area contributed by atoms with E-state index in [9.17, 15) is 4.79 Å². The van der Waals surface area contributed by atoms with Crippen LogP contribution in [0.5, 0.6) is 0 Å². The maximum absolute atomic E-state index is 11.1. The maximum atomic E-state index is 11.1. The first kappa shape index (κ1) is 9.00. The van der Waals surface area contributed by atoms with Gasteiger partial charge in [-0.2, -0.15) is 0 Å². The Kier molecular flexibility index (Phi) is 2.12. The van der Waals surface area contributed by atoms with Gasteiger partial charge >= 0.3 is 0 Å². The van der Waals surface area contributed by atoms with E-state index >= 15 is 0 Å². The van der Waals surface area contributed by atoms with Gasteiger partial charge in [0.25, 0.3) is 0 Å². The lowest BCUT2D eigenvalue weighted by molar-refractivity contribution is 0.101.